The van der Waals surface area contributed by atoms with Gasteiger partial charge in [0.05, 0.1) is 0 Å². The molecule has 1 amide bonds. The Hall–Kier alpha value is -1.83. The molecular weight excluding hydrogens is 270 g/mol. The Kier molecular flexibility index (Phi) is 6.00. The zero-order valence-electron chi connectivity index (χ0n) is 14.0. The van der Waals surface area contributed by atoms with E-state index in [1.54, 1.807) is 0 Å². The fourth-order valence-corrected chi connectivity index (χ4v) is 2.98. The molecule has 1 fully saturated rings. The van der Waals surface area contributed by atoms with Crippen molar-refractivity contribution in [3.05, 3.63) is 54.1 Å². The fourth-order valence-electron chi connectivity index (χ4n) is 2.98. The first-order chi connectivity index (χ1) is 10.7. The van der Waals surface area contributed by atoms with E-state index in [2.05, 4.69) is 32.1 Å². The van der Waals surface area contributed by atoms with E-state index in [4.69, 9.17) is 0 Å². The van der Waals surface area contributed by atoms with Crippen molar-refractivity contribution in [2.75, 3.05) is 11.4 Å². The highest BCUT2D eigenvalue weighted by molar-refractivity contribution is 5.95. The van der Waals surface area contributed by atoms with E-state index in [0.29, 0.717) is 5.92 Å². The van der Waals surface area contributed by atoms with E-state index in [9.17, 15) is 4.79 Å². The van der Waals surface area contributed by atoms with Gasteiger partial charge >= 0.3 is 0 Å². The van der Waals surface area contributed by atoms with Gasteiger partial charge in [0.15, 0.2) is 0 Å². The molecule has 118 valence electrons. The summed E-state index contributed by atoms with van der Waals surface area (Å²) in [6.45, 7) is 7.10. The van der Waals surface area contributed by atoms with Crippen LogP contribution in [0.4, 0.5) is 5.69 Å². The van der Waals surface area contributed by atoms with Crippen LogP contribution >= 0.6 is 0 Å². The van der Waals surface area contributed by atoms with Crippen LogP contribution in [0.25, 0.3) is 0 Å². The molecule has 0 bridgehead atoms. The zero-order valence-corrected chi connectivity index (χ0v) is 14.0. The first-order valence-electron chi connectivity index (χ1n) is 8.37. The zero-order chi connectivity index (χ0) is 15.9. The normalized spacial score (nSPS) is 21.7. The second-order valence-electron chi connectivity index (χ2n) is 6.03. The third-order valence-corrected chi connectivity index (χ3v) is 4.51. The fraction of sp³-hybridized carbons (Fsp3) is 0.450. The molecule has 22 heavy (non-hydrogen) atoms. The molecule has 0 spiro atoms. The minimum absolute atomic E-state index is 0.184. The molecule has 0 unspecified atom stereocenters. The Morgan fingerprint density at radius 1 is 1.18 bits per heavy atom. The summed E-state index contributed by atoms with van der Waals surface area (Å²) in [4.78, 5) is 14.6. The molecule has 2 nitrogen and oxygen atoms in total. The first kappa shape index (κ1) is 16.5. The van der Waals surface area contributed by atoms with E-state index < -0.39 is 0 Å². The number of carbonyl (C=O) groups excluding carboxylic acids is 1. The molecule has 0 atom stereocenters. The van der Waals surface area contributed by atoms with Gasteiger partial charge in [-0.05, 0) is 51.2 Å². The standard InChI is InChI=1S/C20H27NO/c1-4-6-8-11-16(3)17-14-18(15-17)20(22)21(5-2)19-12-9-7-10-13-19/h6-13,17-18H,4-5,14-15H2,1-3H3/b8-6-,16-11+. The number of rotatable bonds is 6. The molecule has 1 saturated carbocycles. The summed E-state index contributed by atoms with van der Waals surface area (Å²) in [6, 6.07) is 9.99. The van der Waals surface area contributed by atoms with E-state index in [1.807, 2.05) is 42.2 Å². The van der Waals surface area contributed by atoms with Gasteiger partial charge in [0, 0.05) is 18.2 Å². The molecule has 0 N–H and O–H groups in total. The lowest BCUT2D eigenvalue weighted by atomic mass is 9.70. The molecule has 0 radical (unpaired) electrons. The number of allylic oxidation sites excluding steroid dienone is 4. The van der Waals surface area contributed by atoms with Crippen molar-refractivity contribution < 1.29 is 4.79 Å². The Bertz CT molecular complexity index is 538. The van der Waals surface area contributed by atoms with Gasteiger partial charge in [-0.25, -0.2) is 0 Å². The van der Waals surface area contributed by atoms with Gasteiger partial charge in [0.25, 0.3) is 0 Å². The quantitative estimate of drug-likeness (QED) is 0.678. The number of hydrogen-bond donors (Lipinski definition) is 0. The number of amides is 1. The maximum atomic E-state index is 12.7. The van der Waals surface area contributed by atoms with Crippen LogP contribution in [-0.2, 0) is 4.79 Å². The maximum absolute atomic E-state index is 12.7. The molecule has 1 aliphatic rings. The maximum Gasteiger partial charge on any atom is 0.230 e. The average molecular weight is 297 g/mol. The number of hydrogen-bond acceptors (Lipinski definition) is 1. The van der Waals surface area contributed by atoms with Crippen molar-refractivity contribution in [1.29, 1.82) is 0 Å². The predicted molar refractivity (Wildman–Crippen MR) is 93.9 cm³/mol. The Balaban J connectivity index is 1.93. The van der Waals surface area contributed by atoms with Crippen LogP contribution in [0.5, 0.6) is 0 Å². The third-order valence-electron chi connectivity index (χ3n) is 4.51. The topological polar surface area (TPSA) is 20.3 Å². The van der Waals surface area contributed by atoms with Crippen LogP contribution in [0.15, 0.2) is 54.1 Å². The largest absolute Gasteiger partial charge is 0.312 e. The monoisotopic (exact) mass is 297 g/mol. The average Bonchev–Trinajstić information content (AvgIpc) is 2.48. The van der Waals surface area contributed by atoms with E-state index >= 15 is 0 Å². The summed E-state index contributed by atoms with van der Waals surface area (Å²) >= 11 is 0. The van der Waals surface area contributed by atoms with Crippen LogP contribution in [0.3, 0.4) is 0 Å². The number of benzene rings is 1. The van der Waals surface area contributed by atoms with Gasteiger partial charge in [-0.1, -0.05) is 48.9 Å². The molecule has 1 aliphatic carbocycles. The second-order valence-corrected chi connectivity index (χ2v) is 6.03. The smallest absolute Gasteiger partial charge is 0.230 e. The van der Waals surface area contributed by atoms with Crippen LogP contribution in [0.1, 0.15) is 40.0 Å². The number of carbonyl (C=O) groups is 1. The highest BCUT2D eigenvalue weighted by atomic mass is 16.2. The van der Waals surface area contributed by atoms with E-state index in [-0.39, 0.29) is 11.8 Å². The SMILES string of the molecule is CC/C=C\C=C(/C)C1CC(C(=O)N(CC)c2ccccc2)C1. The van der Waals surface area contributed by atoms with Crippen molar-refractivity contribution in [2.45, 2.75) is 40.0 Å². The van der Waals surface area contributed by atoms with Crippen LogP contribution < -0.4 is 4.90 Å². The van der Waals surface area contributed by atoms with Crippen molar-refractivity contribution in [3.63, 3.8) is 0 Å². The highest BCUT2D eigenvalue weighted by Crippen LogP contribution is 2.40. The van der Waals surface area contributed by atoms with Gasteiger partial charge < -0.3 is 4.90 Å². The molecule has 0 saturated heterocycles. The minimum atomic E-state index is 0.184. The lowest BCUT2D eigenvalue weighted by Gasteiger charge is -2.38. The number of nitrogens with zero attached hydrogens (tertiary/aromatic N) is 1. The molecule has 0 aromatic heterocycles. The van der Waals surface area contributed by atoms with Gasteiger partial charge in [-0.2, -0.15) is 0 Å². The van der Waals surface area contributed by atoms with Crippen LogP contribution in [-0.4, -0.2) is 12.5 Å². The predicted octanol–water partition coefficient (Wildman–Crippen LogP) is 4.98. The van der Waals surface area contributed by atoms with Gasteiger partial charge in [-0.15, -0.1) is 0 Å². The summed E-state index contributed by atoms with van der Waals surface area (Å²) in [7, 11) is 0. The van der Waals surface area contributed by atoms with E-state index in [0.717, 1.165) is 31.5 Å². The van der Waals surface area contributed by atoms with Gasteiger partial charge in [-0.3, -0.25) is 4.79 Å². The molecule has 0 heterocycles. The Morgan fingerprint density at radius 2 is 1.86 bits per heavy atom. The molecular formula is C20H27NO. The van der Waals surface area contributed by atoms with Crippen molar-refractivity contribution >= 4 is 11.6 Å². The Morgan fingerprint density at radius 3 is 2.45 bits per heavy atom. The minimum Gasteiger partial charge on any atom is -0.312 e. The highest BCUT2D eigenvalue weighted by Gasteiger charge is 2.37. The van der Waals surface area contributed by atoms with Crippen molar-refractivity contribution in [2.24, 2.45) is 11.8 Å². The summed E-state index contributed by atoms with van der Waals surface area (Å²) in [5.41, 5.74) is 2.41. The van der Waals surface area contributed by atoms with Crippen LogP contribution in [0.2, 0.25) is 0 Å². The summed E-state index contributed by atoms with van der Waals surface area (Å²) in [5, 5.41) is 0. The lowest BCUT2D eigenvalue weighted by molar-refractivity contribution is -0.125. The van der Waals surface area contributed by atoms with Gasteiger partial charge in [0.2, 0.25) is 5.91 Å². The Labute approximate surface area is 134 Å². The molecule has 1 aromatic rings. The van der Waals surface area contributed by atoms with Crippen LogP contribution in [0, 0.1) is 11.8 Å². The number of anilines is 1. The molecule has 1 aromatic carbocycles. The first-order valence-corrected chi connectivity index (χ1v) is 8.37. The molecule has 0 aliphatic heterocycles. The summed E-state index contributed by atoms with van der Waals surface area (Å²) < 4.78 is 0. The van der Waals surface area contributed by atoms with Crippen molar-refractivity contribution in [3.8, 4) is 0 Å². The lowest BCUT2D eigenvalue weighted by Crippen LogP contribution is -2.42. The summed E-state index contributed by atoms with van der Waals surface area (Å²) in [5.74, 6) is 1.04. The third kappa shape index (κ3) is 3.88. The second kappa shape index (κ2) is 7.98. The number of para-hydroxylation sites is 1. The molecule has 2 rings (SSSR count). The summed E-state index contributed by atoms with van der Waals surface area (Å²) in [6.07, 6.45) is 9.54. The van der Waals surface area contributed by atoms with Crippen molar-refractivity contribution in [1.82, 2.24) is 0 Å². The van der Waals surface area contributed by atoms with E-state index in [1.165, 1.54) is 5.57 Å². The van der Waals surface area contributed by atoms with Gasteiger partial charge in [0.1, 0.15) is 0 Å². The molecule has 2 heteroatoms.